The number of carboxylic acid groups (broad SMARTS) is 1. The molecule has 2 N–H and O–H groups in total. The Morgan fingerprint density at radius 2 is 1.57 bits per heavy atom. The Kier molecular flexibility index (Phi) is 8.77. The Morgan fingerprint density at radius 1 is 0.943 bits per heavy atom. The maximum Gasteiger partial charge on any atom is 0.410 e. The van der Waals surface area contributed by atoms with E-state index >= 15 is 0 Å². The Bertz CT molecular complexity index is 1140. The van der Waals surface area contributed by atoms with E-state index in [1.165, 1.54) is 19.2 Å². The number of amides is 2. The number of likely N-dealkylation sites (N-methyl/N-ethyl adjacent to an activating group) is 1. The third-order valence-corrected chi connectivity index (χ3v) is 5.07. The van der Waals surface area contributed by atoms with Crippen LogP contribution in [0, 0.1) is 5.82 Å². The molecule has 0 unspecified atom stereocenters. The zero-order chi connectivity index (χ0) is 25.2. The lowest BCUT2D eigenvalue weighted by molar-refractivity contribution is -0.143. The fourth-order valence-corrected chi connectivity index (χ4v) is 3.09. The van der Waals surface area contributed by atoms with E-state index < -0.39 is 18.1 Å². The number of carboxylic acids is 1. The molecule has 0 saturated carbocycles. The normalized spacial score (nSPS) is 11.3. The summed E-state index contributed by atoms with van der Waals surface area (Å²) in [6, 6.07) is 19.8. The minimum absolute atomic E-state index is 0.0845. The summed E-state index contributed by atoms with van der Waals surface area (Å²) in [5.41, 5.74) is 1.88. The van der Waals surface area contributed by atoms with Crippen molar-refractivity contribution in [1.82, 2.24) is 4.90 Å². The fraction of sp³-hybridized carbons (Fsp3) is 0.192. The van der Waals surface area contributed by atoms with E-state index in [0.717, 1.165) is 4.90 Å². The quantitative estimate of drug-likeness (QED) is 0.453. The van der Waals surface area contributed by atoms with Crippen LogP contribution in [0.2, 0.25) is 0 Å². The van der Waals surface area contributed by atoms with Crippen molar-refractivity contribution in [2.45, 2.75) is 19.1 Å². The standard InChI is InChI=1S/C26H25FN2O6/c1-29(23(25(31)32)17-34-22-5-3-2-4-6-22)26(33)35-16-19-9-13-21(14-10-19)28-24(30)15-18-7-11-20(27)12-8-18/h2-14,23H,15-17H2,1H3,(H,28,30)(H,31,32)/t23-/m0/s1. The van der Waals surface area contributed by atoms with Gasteiger partial charge >= 0.3 is 12.1 Å². The summed E-state index contributed by atoms with van der Waals surface area (Å²) in [5.74, 6) is -1.35. The molecule has 9 heteroatoms. The van der Waals surface area contributed by atoms with E-state index in [1.54, 1.807) is 66.7 Å². The number of rotatable bonds is 10. The van der Waals surface area contributed by atoms with Crippen molar-refractivity contribution in [2.75, 3.05) is 19.0 Å². The SMILES string of the molecule is CN(C(=O)OCc1ccc(NC(=O)Cc2ccc(F)cc2)cc1)[C@@H](COc1ccccc1)C(=O)O. The highest BCUT2D eigenvalue weighted by atomic mass is 19.1. The summed E-state index contributed by atoms with van der Waals surface area (Å²) in [6.07, 6.45) is -0.712. The molecular weight excluding hydrogens is 455 g/mol. The summed E-state index contributed by atoms with van der Waals surface area (Å²) in [6.45, 7) is -0.323. The number of carbonyl (C=O) groups excluding carboxylic acids is 2. The Hall–Kier alpha value is -4.40. The predicted octanol–water partition coefficient (Wildman–Crippen LogP) is 4.11. The molecule has 35 heavy (non-hydrogen) atoms. The van der Waals surface area contributed by atoms with Crippen molar-refractivity contribution in [3.8, 4) is 5.75 Å². The van der Waals surface area contributed by atoms with E-state index in [4.69, 9.17) is 9.47 Å². The molecule has 3 aromatic rings. The van der Waals surface area contributed by atoms with Gasteiger partial charge in [-0.25, -0.2) is 14.0 Å². The number of aliphatic carboxylic acids is 1. The van der Waals surface area contributed by atoms with E-state index in [1.807, 2.05) is 0 Å². The first kappa shape index (κ1) is 25.2. The van der Waals surface area contributed by atoms with Crippen LogP contribution in [0.15, 0.2) is 78.9 Å². The molecule has 0 fully saturated rings. The molecule has 8 nitrogen and oxygen atoms in total. The molecule has 3 aromatic carbocycles. The second-order valence-corrected chi connectivity index (χ2v) is 7.69. The van der Waals surface area contributed by atoms with Gasteiger partial charge in [-0.2, -0.15) is 0 Å². The second kappa shape index (κ2) is 12.2. The molecule has 0 aliphatic rings. The van der Waals surface area contributed by atoms with Gasteiger partial charge in [0.25, 0.3) is 0 Å². The van der Waals surface area contributed by atoms with Crippen LogP contribution < -0.4 is 10.1 Å². The lowest BCUT2D eigenvalue weighted by Gasteiger charge is -2.24. The molecule has 2 amide bonds. The first-order valence-electron chi connectivity index (χ1n) is 10.8. The first-order chi connectivity index (χ1) is 16.8. The number of carbonyl (C=O) groups is 3. The number of para-hydroxylation sites is 1. The van der Waals surface area contributed by atoms with Gasteiger partial charge in [0.2, 0.25) is 5.91 Å². The molecule has 0 aliphatic heterocycles. The summed E-state index contributed by atoms with van der Waals surface area (Å²) >= 11 is 0. The van der Waals surface area contributed by atoms with Crippen LogP contribution in [0.5, 0.6) is 5.75 Å². The van der Waals surface area contributed by atoms with Crippen LogP contribution in [-0.4, -0.2) is 47.7 Å². The maximum absolute atomic E-state index is 13.0. The first-order valence-corrected chi connectivity index (χ1v) is 10.8. The van der Waals surface area contributed by atoms with E-state index in [0.29, 0.717) is 22.6 Å². The molecule has 3 rings (SSSR count). The smallest absolute Gasteiger partial charge is 0.410 e. The van der Waals surface area contributed by atoms with Crippen molar-refractivity contribution < 1.29 is 33.4 Å². The Morgan fingerprint density at radius 3 is 2.20 bits per heavy atom. The number of hydrogen-bond donors (Lipinski definition) is 2. The molecule has 0 spiro atoms. The minimum Gasteiger partial charge on any atom is -0.491 e. The zero-order valence-corrected chi connectivity index (χ0v) is 19.0. The van der Waals surface area contributed by atoms with Crippen molar-refractivity contribution in [3.05, 3.63) is 95.8 Å². The number of anilines is 1. The van der Waals surface area contributed by atoms with Crippen LogP contribution in [0.4, 0.5) is 14.9 Å². The van der Waals surface area contributed by atoms with Gasteiger partial charge in [0.1, 0.15) is 24.8 Å². The average Bonchev–Trinajstić information content (AvgIpc) is 2.85. The molecule has 0 saturated heterocycles. The molecule has 1 atom stereocenters. The lowest BCUT2D eigenvalue weighted by atomic mass is 10.1. The van der Waals surface area contributed by atoms with Crippen molar-refractivity contribution in [3.63, 3.8) is 0 Å². The van der Waals surface area contributed by atoms with Crippen LogP contribution in [0.1, 0.15) is 11.1 Å². The highest BCUT2D eigenvalue weighted by Crippen LogP contribution is 2.14. The van der Waals surface area contributed by atoms with Gasteiger partial charge in [-0.05, 0) is 47.5 Å². The summed E-state index contributed by atoms with van der Waals surface area (Å²) in [7, 11) is 1.33. The third-order valence-electron chi connectivity index (χ3n) is 5.07. The van der Waals surface area contributed by atoms with E-state index in [2.05, 4.69) is 5.32 Å². The average molecular weight is 480 g/mol. The van der Waals surface area contributed by atoms with Gasteiger partial charge in [-0.15, -0.1) is 0 Å². The lowest BCUT2D eigenvalue weighted by Crippen LogP contribution is -2.46. The summed E-state index contributed by atoms with van der Waals surface area (Å²) in [4.78, 5) is 37.1. The number of halogens is 1. The molecule has 0 radical (unpaired) electrons. The highest BCUT2D eigenvalue weighted by Gasteiger charge is 2.28. The molecular formula is C26H25FN2O6. The fourth-order valence-electron chi connectivity index (χ4n) is 3.09. The monoisotopic (exact) mass is 480 g/mol. The van der Waals surface area contributed by atoms with Crippen LogP contribution >= 0.6 is 0 Å². The van der Waals surface area contributed by atoms with Gasteiger partial charge in [0.05, 0.1) is 6.42 Å². The van der Waals surface area contributed by atoms with Crippen LogP contribution in [-0.2, 0) is 27.4 Å². The van der Waals surface area contributed by atoms with Gasteiger partial charge < -0.3 is 19.9 Å². The Balaban J connectivity index is 1.48. The minimum atomic E-state index is -1.23. The maximum atomic E-state index is 13.0. The largest absolute Gasteiger partial charge is 0.491 e. The number of nitrogens with one attached hydrogen (secondary N) is 1. The van der Waals surface area contributed by atoms with Gasteiger partial charge in [-0.3, -0.25) is 9.69 Å². The second-order valence-electron chi connectivity index (χ2n) is 7.69. The molecule has 182 valence electrons. The summed E-state index contributed by atoms with van der Waals surface area (Å²) in [5, 5.41) is 12.2. The predicted molar refractivity (Wildman–Crippen MR) is 126 cm³/mol. The van der Waals surface area contributed by atoms with Gasteiger partial charge in [0, 0.05) is 12.7 Å². The van der Waals surface area contributed by atoms with Crippen molar-refractivity contribution in [1.29, 1.82) is 0 Å². The number of hydrogen-bond acceptors (Lipinski definition) is 5. The van der Waals surface area contributed by atoms with E-state index in [9.17, 15) is 23.9 Å². The van der Waals surface area contributed by atoms with Gasteiger partial charge in [-0.1, -0.05) is 42.5 Å². The topological polar surface area (TPSA) is 105 Å². The third kappa shape index (κ3) is 7.85. The zero-order valence-electron chi connectivity index (χ0n) is 19.0. The number of ether oxygens (including phenoxy) is 2. The van der Waals surface area contributed by atoms with Crippen LogP contribution in [0.25, 0.3) is 0 Å². The van der Waals surface area contributed by atoms with Crippen LogP contribution in [0.3, 0.4) is 0 Å². The van der Waals surface area contributed by atoms with Crippen molar-refractivity contribution >= 4 is 23.7 Å². The summed E-state index contributed by atoms with van der Waals surface area (Å²) < 4.78 is 23.7. The molecule has 0 aromatic heterocycles. The number of nitrogens with zero attached hydrogens (tertiary/aromatic N) is 1. The Labute approximate surface area is 201 Å². The van der Waals surface area contributed by atoms with Gasteiger partial charge in [0.15, 0.2) is 6.04 Å². The number of benzene rings is 3. The van der Waals surface area contributed by atoms with Crippen molar-refractivity contribution in [2.24, 2.45) is 0 Å². The molecule has 0 bridgehead atoms. The highest BCUT2D eigenvalue weighted by molar-refractivity contribution is 5.92. The molecule has 0 heterocycles. The molecule has 0 aliphatic carbocycles. The van der Waals surface area contributed by atoms with E-state index in [-0.39, 0.29) is 31.4 Å².